The molecule has 3 amide bonds. The van der Waals surface area contributed by atoms with Crippen molar-refractivity contribution in [1.82, 2.24) is 10.2 Å². The maximum absolute atomic E-state index is 13.7. The monoisotopic (exact) mass is 519 g/mol. The lowest BCUT2D eigenvalue weighted by atomic mass is 9.99. The van der Waals surface area contributed by atoms with E-state index in [0.717, 1.165) is 17.5 Å². The highest BCUT2D eigenvalue weighted by Gasteiger charge is 2.47. The van der Waals surface area contributed by atoms with E-state index in [-0.39, 0.29) is 24.4 Å². The van der Waals surface area contributed by atoms with Gasteiger partial charge in [-0.3, -0.25) is 14.5 Å². The molecule has 1 fully saturated rings. The number of amides is 3. The fourth-order valence-corrected chi connectivity index (χ4v) is 4.62. The van der Waals surface area contributed by atoms with Crippen LogP contribution in [-0.4, -0.2) is 28.8 Å². The van der Waals surface area contributed by atoms with E-state index in [1.807, 2.05) is 50.2 Å². The normalized spacial score (nSPS) is 17.7. The molecule has 8 heteroatoms. The van der Waals surface area contributed by atoms with Crippen molar-refractivity contribution in [1.29, 1.82) is 0 Å². The summed E-state index contributed by atoms with van der Waals surface area (Å²) in [6.45, 7) is 3.98. The molecule has 1 heterocycles. The van der Waals surface area contributed by atoms with Crippen molar-refractivity contribution in [2.75, 3.05) is 5.32 Å². The van der Waals surface area contributed by atoms with Gasteiger partial charge in [0.05, 0.1) is 12.6 Å². The van der Waals surface area contributed by atoms with Gasteiger partial charge >= 0.3 is 6.09 Å². The van der Waals surface area contributed by atoms with Crippen LogP contribution in [-0.2, 0) is 20.9 Å². The number of rotatable bonds is 9. The van der Waals surface area contributed by atoms with E-state index < -0.39 is 18.2 Å². The second-order valence-electron chi connectivity index (χ2n) is 9.07. The number of benzene rings is 3. The van der Waals surface area contributed by atoms with Crippen molar-refractivity contribution in [2.24, 2.45) is 0 Å². The van der Waals surface area contributed by atoms with Gasteiger partial charge in [0.25, 0.3) is 0 Å². The molecule has 0 radical (unpaired) electrons. The molecule has 3 aromatic carbocycles. The molecule has 0 aliphatic carbocycles. The summed E-state index contributed by atoms with van der Waals surface area (Å²) in [5.41, 5.74) is 2.92. The van der Waals surface area contributed by atoms with Gasteiger partial charge in [-0.05, 0) is 54.3 Å². The van der Waals surface area contributed by atoms with Gasteiger partial charge in [-0.2, -0.15) is 0 Å². The van der Waals surface area contributed by atoms with E-state index >= 15 is 0 Å². The zero-order valence-electron chi connectivity index (χ0n) is 20.8. The molecule has 3 aromatic rings. The van der Waals surface area contributed by atoms with Crippen molar-refractivity contribution in [2.45, 2.75) is 51.4 Å². The van der Waals surface area contributed by atoms with Crippen LogP contribution < -0.4 is 10.6 Å². The zero-order valence-corrected chi connectivity index (χ0v) is 21.6. The van der Waals surface area contributed by atoms with Crippen LogP contribution in [0.5, 0.6) is 0 Å². The SMILES string of the molecule is CCCC(=O)Nc1cccc([C@@H]2OC(=O)N(Cc3cccc(Cl)c3)[C@H]2C(=O)N[C@@H](C)c2ccccc2)c1. The van der Waals surface area contributed by atoms with Crippen LogP contribution in [0.1, 0.15) is 55.5 Å². The van der Waals surface area contributed by atoms with Crippen LogP contribution in [0.2, 0.25) is 5.02 Å². The van der Waals surface area contributed by atoms with Crippen molar-refractivity contribution >= 4 is 35.2 Å². The number of hydrogen-bond acceptors (Lipinski definition) is 4. The lowest BCUT2D eigenvalue weighted by Gasteiger charge is -2.26. The fraction of sp³-hybridized carbons (Fsp3) is 0.276. The second-order valence-corrected chi connectivity index (χ2v) is 9.51. The molecule has 0 aromatic heterocycles. The maximum atomic E-state index is 13.7. The molecular formula is C29H30ClN3O4. The average Bonchev–Trinajstić information content (AvgIpc) is 3.20. The topological polar surface area (TPSA) is 87.7 Å². The number of cyclic esters (lactones) is 1. The van der Waals surface area contributed by atoms with Gasteiger partial charge in [-0.1, -0.05) is 73.1 Å². The summed E-state index contributed by atoms with van der Waals surface area (Å²) in [7, 11) is 0. The summed E-state index contributed by atoms with van der Waals surface area (Å²) in [6.07, 6.45) is -0.333. The van der Waals surface area contributed by atoms with E-state index in [2.05, 4.69) is 10.6 Å². The van der Waals surface area contributed by atoms with Gasteiger partial charge in [0.15, 0.2) is 12.1 Å². The van der Waals surface area contributed by atoms with Gasteiger partial charge in [0.1, 0.15) is 0 Å². The van der Waals surface area contributed by atoms with Crippen LogP contribution in [0.25, 0.3) is 0 Å². The third kappa shape index (κ3) is 6.49. The van der Waals surface area contributed by atoms with Gasteiger partial charge in [0, 0.05) is 17.1 Å². The Bertz CT molecular complexity index is 1270. The number of ether oxygens (including phenoxy) is 1. The predicted octanol–water partition coefficient (Wildman–Crippen LogP) is 6.02. The molecule has 192 valence electrons. The molecule has 1 aliphatic heterocycles. The van der Waals surface area contributed by atoms with Crippen LogP contribution in [0.4, 0.5) is 10.5 Å². The number of carbonyl (C=O) groups excluding carboxylic acids is 3. The highest BCUT2D eigenvalue weighted by Crippen LogP contribution is 2.35. The Kier molecular flexibility index (Phi) is 8.46. The van der Waals surface area contributed by atoms with E-state index in [4.69, 9.17) is 16.3 Å². The van der Waals surface area contributed by atoms with Gasteiger partial charge < -0.3 is 15.4 Å². The maximum Gasteiger partial charge on any atom is 0.411 e. The first kappa shape index (κ1) is 26.2. The van der Waals surface area contributed by atoms with Crippen molar-refractivity contribution < 1.29 is 19.1 Å². The molecule has 7 nitrogen and oxygen atoms in total. The molecule has 0 bridgehead atoms. The number of nitrogens with zero attached hydrogens (tertiary/aromatic N) is 1. The molecule has 0 unspecified atom stereocenters. The first-order chi connectivity index (χ1) is 17.9. The molecule has 3 atom stereocenters. The minimum atomic E-state index is -0.931. The summed E-state index contributed by atoms with van der Waals surface area (Å²) in [6, 6.07) is 22.6. The first-order valence-electron chi connectivity index (χ1n) is 12.3. The van der Waals surface area contributed by atoms with Crippen LogP contribution >= 0.6 is 11.6 Å². The molecule has 4 rings (SSSR count). The third-order valence-electron chi connectivity index (χ3n) is 6.23. The number of anilines is 1. The Hall–Kier alpha value is -3.84. The number of halogens is 1. The second kappa shape index (κ2) is 11.9. The average molecular weight is 520 g/mol. The summed E-state index contributed by atoms with van der Waals surface area (Å²) in [5.74, 6) is -0.439. The Balaban J connectivity index is 1.64. The minimum absolute atomic E-state index is 0.100. The standard InChI is InChI=1S/C29H30ClN3O4/c1-3-9-25(34)32-24-15-8-13-22(17-24)27-26(28(35)31-19(2)21-11-5-4-6-12-21)33(29(36)37-27)18-20-10-7-14-23(30)16-20/h4-8,10-17,19,26-27H,3,9,18H2,1-2H3,(H,31,35)(H,32,34)/t19-,26+,27-/m0/s1. The minimum Gasteiger partial charge on any atom is -0.438 e. The Morgan fingerprint density at radius 2 is 1.78 bits per heavy atom. The van der Waals surface area contributed by atoms with E-state index in [1.165, 1.54) is 4.90 Å². The molecule has 37 heavy (non-hydrogen) atoms. The summed E-state index contributed by atoms with van der Waals surface area (Å²) in [5, 5.41) is 6.44. The Morgan fingerprint density at radius 1 is 1.03 bits per heavy atom. The summed E-state index contributed by atoms with van der Waals surface area (Å²) < 4.78 is 5.77. The summed E-state index contributed by atoms with van der Waals surface area (Å²) >= 11 is 6.16. The highest BCUT2D eigenvalue weighted by atomic mass is 35.5. The van der Waals surface area contributed by atoms with E-state index in [9.17, 15) is 14.4 Å². The van der Waals surface area contributed by atoms with Gasteiger partial charge in [-0.25, -0.2) is 4.79 Å². The lowest BCUT2D eigenvalue weighted by molar-refractivity contribution is -0.127. The van der Waals surface area contributed by atoms with Crippen molar-refractivity contribution in [3.05, 3.63) is 101 Å². The number of nitrogens with one attached hydrogen (secondary N) is 2. The first-order valence-corrected chi connectivity index (χ1v) is 12.7. The van der Waals surface area contributed by atoms with Crippen LogP contribution in [0.15, 0.2) is 78.9 Å². The van der Waals surface area contributed by atoms with Crippen molar-refractivity contribution in [3.63, 3.8) is 0 Å². The predicted molar refractivity (Wildman–Crippen MR) is 143 cm³/mol. The lowest BCUT2D eigenvalue weighted by Crippen LogP contribution is -2.46. The highest BCUT2D eigenvalue weighted by molar-refractivity contribution is 6.30. The van der Waals surface area contributed by atoms with Gasteiger partial charge in [-0.15, -0.1) is 0 Å². The number of carbonyl (C=O) groups is 3. The van der Waals surface area contributed by atoms with Crippen LogP contribution in [0, 0.1) is 0 Å². The van der Waals surface area contributed by atoms with Crippen LogP contribution in [0.3, 0.4) is 0 Å². The molecule has 1 saturated heterocycles. The molecule has 2 N–H and O–H groups in total. The third-order valence-corrected chi connectivity index (χ3v) is 6.46. The van der Waals surface area contributed by atoms with E-state index in [1.54, 1.807) is 42.5 Å². The smallest absolute Gasteiger partial charge is 0.411 e. The Labute approximate surface area is 221 Å². The quantitative estimate of drug-likeness (QED) is 0.362. The van der Waals surface area contributed by atoms with Gasteiger partial charge in [0.2, 0.25) is 11.8 Å². The van der Waals surface area contributed by atoms with E-state index in [0.29, 0.717) is 22.7 Å². The van der Waals surface area contributed by atoms with Crippen molar-refractivity contribution in [3.8, 4) is 0 Å². The molecular weight excluding hydrogens is 490 g/mol. The molecule has 0 spiro atoms. The molecule has 1 aliphatic rings. The zero-order chi connectivity index (χ0) is 26.4. The fourth-order valence-electron chi connectivity index (χ4n) is 4.41. The largest absolute Gasteiger partial charge is 0.438 e. The number of hydrogen-bond donors (Lipinski definition) is 2. The molecule has 0 saturated carbocycles. The Morgan fingerprint density at radius 3 is 2.51 bits per heavy atom. The summed E-state index contributed by atoms with van der Waals surface area (Å²) in [4.78, 5) is 40.3.